The van der Waals surface area contributed by atoms with E-state index in [1.807, 2.05) is 71.6 Å². The summed E-state index contributed by atoms with van der Waals surface area (Å²) in [5.41, 5.74) is 4.18. The van der Waals surface area contributed by atoms with Crippen molar-refractivity contribution in [3.8, 4) is 22.7 Å². The Kier molecular flexibility index (Phi) is 9.64. The molecule has 1 aromatic heterocycles. The summed E-state index contributed by atoms with van der Waals surface area (Å²) in [6, 6.07) is 23.8. The lowest BCUT2D eigenvalue weighted by Crippen LogP contribution is -2.29. The first-order chi connectivity index (χ1) is 20.0. The van der Waals surface area contributed by atoms with Crippen molar-refractivity contribution in [1.82, 2.24) is 14.7 Å². The number of carbonyl (C=O) groups excluding carboxylic acids is 1. The minimum absolute atomic E-state index is 0.0507. The molecule has 41 heavy (non-hydrogen) atoms. The number of amides is 1. The number of thioether (sulfide) groups is 1. The fourth-order valence-electron chi connectivity index (χ4n) is 4.62. The van der Waals surface area contributed by atoms with Crippen LogP contribution in [0, 0.1) is 5.82 Å². The lowest BCUT2D eigenvalue weighted by atomic mass is 10.1. The minimum Gasteiger partial charge on any atom is -0.489 e. The van der Waals surface area contributed by atoms with E-state index in [0.29, 0.717) is 28.1 Å². The van der Waals surface area contributed by atoms with E-state index in [9.17, 15) is 9.18 Å². The second kappa shape index (κ2) is 13.7. The summed E-state index contributed by atoms with van der Waals surface area (Å²) >= 11 is 6.93. The Bertz CT molecular complexity index is 1530. The van der Waals surface area contributed by atoms with Gasteiger partial charge in [0.2, 0.25) is 0 Å². The molecule has 1 aliphatic rings. The van der Waals surface area contributed by atoms with E-state index in [2.05, 4.69) is 6.92 Å². The first-order valence-corrected chi connectivity index (χ1v) is 15.1. The van der Waals surface area contributed by atoms with Gasteiger partial charge in [-0.1, -0.05) is 99.1 Å². The Balaban J connectivity index is 1.41. The highest BCUT2D eigenvalue weighted by molar-refractivity contribution is 8.26. The predicted octanol–water partition coefficient (Wildman–Crippen LogP) is 8.43. The number of ether oxygens (including phenoxy) is 1. The highest BCUT2D eigenvalue weighted by Gasteiger charge is 2.32. The molecule has 1 amide bonds. The van der Waals surface area contributed by atoms with Gasteiger partial charge in [-0.25, -0.2) is 9.07 Å². The first kappa shape index (κ1) is 28.8. The van der Waals surface area contributed by atoms with Crippen molar-refractivity contribution in [1.29, 1.82) is 0 Å². The first-order valence-electron chi connectivity index (χ1n) is 13.9. The van der Waals surface area contributed by atoms with Gasteiger partial charge in [-0.15, -0.1) is 0 Å². The van der Waals surface area contributed by atoms with E-state index in [1.165, 1.54) is 43.2 Å². The molecule has 0 bridgehead atoms. The van der Waals surface area contributed by atoms with Crippen LogP contribution in [0.1, 0.15) is 50.2 Å². The van der Waals surface area contributed by atoms with Gasteiger partial charge in [-0.2, -0.15) is 5.10 Å². The van der Waals surface area contributed by atoms with Gasteiger partial charge in [-0.05, 0) is 54.5 Å². The van der Waals surface area contributed by atoms with Gasteiger partial charge in [0.25, 0.3) is 5.91 Å². The Morgan fingerprint density at radius 2 is 1.76 bits per heavy atom. The molecular formula is C33H32FN3O2S2. The van der Waals surface area contributed by atoms with Crippen LogP contribution in [0.3, 0.4) is 0 Å². The van der Waals surface area contributed by atoms with Crippen molar-refractivity contribution in [3.05, 3.63) is 107 Å². The monoisotopic (exact) mass is 585 g/mol. The van der Waals surface area contributed by atoms with E-state index in [1.54, 1.807) is 17.0 Å². The van der Waals surface area contributed by atoms with Crippen LogP contribution in [-0.2, 0) is 11.4 Å². The number of thiocarbonyl (C=S) groups is 1. The molecule has 5 rings (SSSR count). The zero-order chi connectivity index (χ0) is 28.6. The van der Waals surface area contributed by atoms with Crippen molar-refractivity contribution < 1.29 is 13.9 Å². The minimum atomic E-state index is -0.277. The SMILES string of the molecule is CCCCCCCN1C(=O)/C(=C/c2cn(-c3ccccc3)nc2-c2cccc(OCc3ccc(F)cc3)c2)SC1=S. The third-order valence-electron chi connectivity index (χ3n) is 6.83. The van der Waals surface area contributed by atoms with Crippen LogP contribution in [0.25, 0.3) is 23.0 Å². The molecule has 1 aliphatic heterocycles. The molecule has 0 atom stereocenters. The fourth-order valence-corrected chi connectivity index (χ4v) is 5.92. The van der Waals surface area contributed by atoms with E-state index >= 15 is 0 Å². The van der Waals surface area contributed by atoms with Crippen LogP contribution in [0.4, 0.5) is 4.39 Å². The van der Waals surface area contributed by atoms with E-state index in [-0.39, 0.29) is 11.7 Å². The Labute approximate surface area is 250 Å². The molecule has 1 fully saturated rings. The molecule has 0 unspecified atom stereocenters. The zero-order valence-electron chi connectivity index (χ0n) is 23.0. The molecule has 0 spiro atoms. The average Bonchev–Trinajstić information content (AvgIpc) is 3.53. The lowest BCUT2D eigenvalue weighted by Gasteiger charge is -2.13. The summed E-state index contributed by atoms with van der Waals surface area (Å²) in [6.45, 7) is 3.16. The summed E-state index contributed by atoms with van der Waals surface area (Å²) < 4.78 is 21.7. The second-order valence-corrected chi connectivity index (χ2v) is 11.6. The molecule has 0 N–H and O–H groups in total. The molecule has 1 saturated heterocycles. The van der Waals surface area contributed by atoms with E-state index < -0.39 is 0 Å². The number of halogens is 1. The molecular weight excluding hydrogens is 554 g/mol. The number of hydrogen-bond donors (Lipinski definition) is 0. The number of carbonyl (C=O) groups is 1. The third kappa shape index (κ3) is 7.31. The van der Waals surface area contributed by atoms with Crippen molar-refractivity contribution >= 4 is 40.3 Å². The van der Waals surface area contributed by atoms with Crippen molar-refractivity contribution in [2.24, 2.45) is 0 Å². The molecule has 0 aliphatic carbocycles. The Morgan fingerprint density at radius 1 is 0.976 bits per heavy atom. The molecule has 8 heteroatoms. The number of unbranched alkanes of at least 4 members (excludes halogenated alkanes) is 4. The summed E-state index contributed by atoms with van der Waals surface area (Å²) in [4.78, 5) is 15.7. The van der Waals surface area contributed by atoms with Gasteiger partial charge in [-0.3, -0.25) is 9.69 Å². The molecule has 2 heterocycles. The van der Waals surface area contributed by atoms with Crippen LogP contribution in [0.2, 0.25) is 0 Å². The topological polar surface area (TPSA) is 47.4 Å². The highest BCUT2D eigenvalue weighted by atomic mass is 32.2. The predicted molar refractivity (Wildman–Crippen MR) is 168 cm³/mol. The molecule has 4 aromatic rings. The zero-order valence-corrected chi connectivity index (χ0v) is 24.6. The number of rotatable bonds is 12. The second-order valence-electron chi connectivity index (χ2n) is 9.90. The van der Waals surface area contributed by atoms with Crippen LogP contribution in [0.15, 0.2) is 90.0 Å². The number of hydrogen-bond acceptors (Lipinski definition) is 5. The third-order valence-corrected chi connectivity index (χ3v) is 8.21. The van der Waals surface area contributed by atoms with Crippen molar-refractivity contribution in [3.63, 3.8) is 0 Å². The number of nitrogens with zero attached hydrogens (tertiary/aromatic N) is 3. The standard InChI is InChI=1S/C33H32FN3O2S2/c1-2-3-4-5-9-19-36-32(38)30(41-33(36)40)21-26-22-37(28-12-7-6-8-13-28)35-31(26)25-11-10-14-29(20-25)39-23-24-15-17-27(34)18-16-24/h6-8,10-18,20-22H,2-5,9,19,23H2,1H3/b30-21-. The van der Waals surface area contributed by atoms with Gasteiger partial charge in [0.15, 0.2) is 0 Å². The largest absolute Gasteiger partial charge is 0.489 e. The highest BCUT2D eigenvalue weighted by Crippen LogP contribution is 2.35. The maximum absolute atomic E-state index is 13.3. The van der Waals surface area contributed by atoms with Gasteiger partial charge < -0.3 is 4.74 Å². The maximum atomic E-state index is 13.3. The van der Waals surface area contributed by atoms with Crippen LogP contribution in [-0.4, -0.2) is 31.5 Å². The maximum Gasteiger partial charge on any atom is 0.266 e. The summed E-state index contributed by atoms with van der Waals surface area (Å²) in [6.07, 6.45) is 9.45. The van der Waals surface area contributed by atoms with Gasteiger partial charge >= 0.3 is 0 Å². The molecule has 210 valence electrons. The van der Waals surface area contributed by atoms with Crippen LogP contribution in [0.5, 0.6) is 5.75 Å². The van der Waals surface area contributed by atoms with E-state index in [0.717, 1.165) is 40.9 Å². The van der Waals surface area contributed by atoms with Crippen molar-refractivity contribution in [2.45, 2.75) is 45.6 Å². The number of benzene rings is 3. The summed E-state index contributed by atoms with van der Waals surface area (Å²) in [5, 5.41) is 4.91. The number of aromatic nitrogens is 2. The normalized spacial score (nSPS) is 14.3. The molecule has 3 aromatic carbocycles. The fraction of sp³-hybridized carbons (Fsp3) is 0.242. The smallest absolute Gasteiger partial charge is 0.266 e. The van der Waals surface area contributed by atoms with Gasteiger partial charge in [0.1, 0.15) is 28.2 Å². The Morgan fingerprint density at radius 3 is 2.54 bits per heavy atom. The lowest BCUT2D eigenvalue weighted by molar-refractivity contribution is -0.122. The van der Waals surface area contributed by atoms with Gasteiger partial charge in [0.05, 0.1) is 10.6 Å². The molecule has 0 saturated carbocycles. The van der Waals surface area contributed by atoms with Gasteiger partial charge in [0, 0.05) is 23.9 Å². The molecule has 0 radical (unpaired) electrons. The van der Waals surface area contributed by atoms with Crippen LogP contribution < -0.4 is 4.74 Å². The average molecular weight is 586 g/mol. The van der Waals surface area contributed by atoms with Crippen molar-refractivity contribution in [2.75, 3.05) is 6.54 Å². The number of para-hydroxylation sites is 1. The quantitative estimate of drug-likeness (QED) is 0.0949. The summed E-state index contributed by atoms with van der Waals surface area (Å²) in [5.74, 6) is 0.341. The van der Waals surface area contributed by atoms with E-state index in [4.69, 9.17) is 22.1 Å². The Hall–Kier alpha value is -3.75. The summed E-state index contributed by atoms with van der Waals surface area (Å²) in [7, 11) is 0. The molecule has 5 nitrogen and oxygen atoms in total. The van der Waals surface area contributed by atoms with Crippen LogP contribution >= 0.6 is 24.0 Å².